The van der Waals surface area contributed by atoms with E-state index in [0.29, 0.717) is 6.42 Å². The van der Waals surface area contributed by atoms with E-state index in [4.69, 9.17) is 16.7 Å². The zero-order chi connectivity index (χ0) is 13.8. The Hall–Kier alpha value is -1.07. The Balaban J connectivity index is 3.02. The SMILES string of the molecule is CCCCCS(=O)(=O)c1ccc(Cl)c(C(=O)O)c1. The third kappa shape index (κ3) is 3.71. The highest BCUT2D eigenvalue weighted by molar-refractivity contribution is 7.91. The van der Waals surface area contributed by atoms with E-state index in [1.165, 1.54) is 12.1 Å². The number of hydrogen-bond acceptors (Lipinski definition) is 3. The lowest BCUT2D eigenvalue weighted by molar-refractivity contribution is 0.0697. The van der Waals surface area contributed by atoms with Crippen molar-refractivity contribution in [3.05, 3.63) is 28.8 Å². The van der Waals surface area contributed by atoms with Crippen LogP contribution < -0.4 is 0 Å². The molecule has 18 heavy (non-hydrogen) atoms. The van der Waals surface area contributed by atoms with Crippen molar-refractivity contribution in [3.8, 4) is 0 Å². The van der Waals surface area contributed by atoms with Gasteiger partial charge in [-0.2, -0.15) is 0 Å². The summed E-state index contributed by atoms with van der Waals surface area (Å²) in [5, 5.41) is 8.93. The molecule has 1 rings (SSSR count). The fraction of sp³-hybridized carbons (Fsp3) is 0.417. The number of sulfone groups is 1. The number of halogens is 1. The Labute approximate surface area is 112 Å². The van der Waals surface area contributed by atoms with E-state index in [1.807, 2.05) is 6.92 Å². The number of aromatic carboxylic acids is 1. The van der Waals surface area contributed by atoms with Gasteiger partial charge in [0, 0.05) is 0 Å². The highest BCUT2D eigenvalue weighted by atomic mass is 35.5. The van der Waals surface area contributed by atoms with E-state index in [0.717, 1.165) is 18.9 Å². The van der Waals surface area contributed by atoms with Crippen LogP contribution >= 0.6 is 11.6 Å². The van der Waals surface area contributed by atoms with Crippen LogP contribution in [0.15, 0.2) is 23.1 Å². The standard InChI is InChI=1S/C12H15ClO4S/c1-2-3-4-7-18(16,17)9-5-6-11(13)10(8-9)12(14)15/h5-6,8H,2-4,7H2,1H3,(H,14,15). The predicted molar refractivity (Wildman–Crippen MR) is 70.0 cm³/mol. The van der Waals surface area contributed by atoms with Crippen LogP contribution in [0.1, 0.15) is 36.5 Å². The quantitative estimate of drug-likeness (QED) is 0.818. The molecule has 0 atom stereocenters. The number of carbonyl (C=O) groups is 1. The monoisotopic (exact) mass is 290 g/mol. The van der Waals surface area contributed by atoms with Gasteiger partial charge in [-0.05, 0) is 24.6 Å². The van der Waals surface area contributed by atoms with E-state index in [9.17, 15) is 13.2 Å². The largest absolute Gasteiger partial charge is 0.478 e. The second kappa shape index (κ2) is 6.20. The second-order valence-electron chi connectivity index (χ2n) is 3.97. The normalized spacial score (nSPS) is 11.4. The minimum Gasteiger partial charge on any atom is -0.478 e. The molecular weight excluding hydrogens is 276 g/mol. The Kier molecular flexibility index (Phi) is 5.16. The summed E-state index contributed by atoms with van der Waals surface area (Å²) in [6.45, 7) is 1.98. The highest BCUT2D eigenvalue weighted by Gasteiger charge is 2.18. The van der Waals surface area contributed by atoms with Crippen molar-refractivity contribution in [1.29, 1.82) is 0 Å². The molecule has 0 heterocycles. The van der Waals surface area contributed by atoms with Crippen LogP contribution in [-0.2, 0) is 9.84 Å². The van der Waals surface area contributed by atoms with Crippen LogP contribution in [0, 0.1) is 0 Å². The molecule has 0 saturated carbocycles. The molecule has 0 fully saturated rings. The average molecular weight is 291 g/mol. The molecule has 0 radical (unpaired) electrons. The van der Waals surface area contributed by atoms with Gasteiger partial charge in [-0.3, -0.25) is 0 Å². The fourth-order valence-electron chi connectivity index (χ4n) is 1.52. The Morgan fingerprint density at radius 1 is 1.33 bits per heavy atom. The number of benzene rings is 1. The fourth-order valence-corrected chi connectivity index (χ4v) is 3.11. The highest BCUT2D eigenvalue weighted by Crippen LogP contribution is 2.22. The average Bonchev–Trinajstić information content (AvgIpc) is 2.29. The maximum atomic E-state index is 12.0. The van der Waals surface area contributed by atoms with Gasteiger partial charge in [-0.1, -0.05) is 31.4 Å². The second-order valence-corrected chi connectivity index (χ2v) is 6.49. The minimum atomic E-state index is -3.43. The van der Waals surface area contributed by atoms with Crippen LogP contribution in [0.25, 0.3) is 0 Å². The molecule has 0 aliphatic rings. The molecule has 100 valence electrons. The molecule has 0 aliphatic heterocycles. The molecule has 0 aromatic heterocycles. The molecular formula is C12H15ClO4S. The van der Waals surface area contributed by atoms with Gasteiger partial charge in [0.1, 0.15) is 0 Å². The number of unbranched alkanes of at least 4 members (excludes halogenated alkanes) is 2. The summed E-state index contributed by atoms with van der Waals surface area (Å²) in [6, 6.07) is 3.76. The maximum Gasteiger partial charge on any atom is 0.337 e. The first-order valence-electron chi connectivity index (χ1n) is 5.64. The van der Waals surface area contributed by atoms with Crippen LogP contribution in [0.4, 0.5) is 0 Å². The van der Waals surface area contributed by atoms with Crippen molar-refractivity contribution in [2.75, 3.05) is 5.75 Å². The van der Waals surface area contributed by atoms with E-state index in [2.05, 4.69) is 0 Å². The Morgan fingerprint density at radius 2 is 2.00 bits per heavy atom. The van der Waals surface area contributed by atoms with Gasteiger partial charge in [0.15, 0.2) is 9.84 Å². The van der Waals surface area contributed by atoms with Crippen LogP contribution in [0.3, 0.4) is 0 Å². The van der Waals surface area contributed by atoms with Gasteiger partial charge in [-0.25, -0.2) is 13.2 Å². The van der Waals surface area contributed by atoms with Gasteiger partial charge in [-0.15, -0.1) is 0 Å². The topological polar surface area (TPSA) is 71.4 Å². The first kappa shape index (κ1) is 15.0. The van der Waals surface area contributed by atoms with E-state index in [1.54, 1.807) is 0 Å². The Morgan fingerprint density at radius 3 is 2.56 bits per heavy atom. The van der Waals surface area contributed by atoms with E-state index < -0.39 is 15.8 Å². The van der Waals surface area contributed by atoms with Crippen molar-refractivity contribution in [1.82, 2.24) is 0 Å². The van der Waals surface area contributed by atoms with Gasteiger partial charge < -0.3 is 5.11 Å². The molecule has 6 heteroatoms. The van der Waals surface area contributed by atoms with Crippen molar-refractivity contribution in [3.63, 3.8) is 0 Å². The van der Waals surface area contributed by atoms with Gasteiger partial charge >= 0.3 is 5.97 Å². The summed E-state index contributed by atoms with van der Waals surface area (Å²) in [6.07, 6.45) is 2.33. The van der Waals surface area contributed by atoms with E-state index >= 15 is 0 Å². The molecule has 1 aromatic rings. The van der Waals surface area contributed by atoms with Gasteiger partial charge in [0.25, 0.3) is 0 Å². The summed E-state index contributed by atoms with van der Waals surface area (Å²) in [4.78, 5) is 10.9. The predicted octanol–water partition coefficient (Wildman–Crippen LogP) is 3.00. The Bertz CT molecular complexity index is 537. The van der Waals surface area contributed by atoms with Gasteiger partial charge in [0.05, 0.1) is 21.2 Å². The third-order valence-electron chi connectivity index (χ3n) is 2.54. The maximum absolute atomic E-state index is 12.0. The summed E-state index contributed by atoms with van der Waals surface area (Å²) < 4.78 is 23.9. The van der Waals surface area contributed by atoms with Crippen molar-refractivity contribution in [2.24, 2.45) is 0 Å². The molecule has 1 N–H and O–H groups in total. The molecule has 4 nitrogen and oxygen atoms in total. The lowest BCUT2D eigenvalue weighted by atomic mass is 10.2. The lowest BCUT2D eigenvalue weighted by Gasteiger charge is -2.06. The smallest absolute Gasteiger partial charge is 0.337 e. The summed E-state index contributed by atoms with van der Waals surface area (Å²) in [5.41, 5.74) is -0.187. The zero-order valence-electron chi connectivity index (χ0n) is 10.0. The number of carboxylic acid groups (broad SMARTS) is 1. The number of hydrogen-bond donors (Lipinski definition) is 1. The first-order chi connectivity index (χ1) is 8.38. The lowest BCUT2D eigenvalue weighted by Crippen LogP contribution is -2.08. The molecule has 1 aromatic carbocycles. The molecule has 0 bridgehead atoms. The minimum absolute atomic E-state index is 0.0143. The van der Waals surface area contributed by atoms with Gasteiger partial charge in [0.2, 0.25) is 0 Å². The van der Waals surface area contributed by atoms with Crippen molar-refractivity contribution < 1.29 is 18.3 Å². The number of carboxylic acids is 1. The summed E-state index contributed by atoms with van der Waals surface area (Å²) in [7, 11) is -3.43. The molecule has 0 unspecified atom stereocenters. The van der Waals surface area contributed by atoms with Crippen molar-refractivity contribution >= 4 is 27.4 Å². The summed E-state index contributed by atoms with van der Waals surface area (Å²) >= 11 is 5.69. The molecule has 0 saturated heterocycles. The van der Waals surface area contributed by atoms with Crippen LogP contribution in [0.2, 0.25) is 5.02 Å². The number of rotatable bonds is 6. The van der Waals surface area contributed by atoms with Crippen LogP contribution in [-0.4, -0.2) is 25.2 Å². The van der Waals surface area contributed by atoms with Crippen molar-refractivity contribution in [2.45, 2.75) is 31.1 Å². The molecule has 0 spiro atoms. The third-order valence-corrected chi connectivity index (χ3v) is 4.67. The van der Waals surface area contributed by atoms with E-state index in [-0.39, 0.29) is 21.2 Å². The molecule has 0 amide bonds. The summed E-state index contributed by atoms with van der Waals surface area (Å²) in [5.74, 6) is -1.20. The zero-order valence-corrected chi connectivity index (χ0v) is 11.6. The first-order valence-corrected chi connectivity index (χ1v) is 7.67. The van der Waals surface area contributed by atoms with Crippen LogP contribution in [0.5, 0.6) is 0 Å². The molecule has 0 aliphatic carbocycles.